The Balaban J connectivity index is 2.13. The first kappa shape index (κ1) is 13.0. The van der Waals surface area contributed by atoms with Gasteiger partial charge < -0.3 is 5.32 Å². The summed E-state index contributed by atoms with van der Waals surface area (Å²) in [5.74, 6) is 0.625. The summed E-state index contributed by atoms with van der Waals surface area (Å²) in [6.45, 7) is 4.20. The summed E-state index contributed by atoms with van der Waals surface area (Å²) in [5.41, 5.74) is 1.89. The van der Waals surface area contributed by atoms with Gasteiger partial charge in [-0.25, -0.2) is 9.67 Å². The first-order chi connectivity index (χ1) is 9.16. The van der Waals surface area contributed by atoms with Crippen LogP contribution >= 0.6 is 0 Å². The molecule has 1 N–H and O–H groups in total. The van der Waals surface area contributed by atoms with Gasteiger partial charge in [-0.1, -0.05) is 11.6 Å². The van der Waals surface area contributed by atoms with Gasteiger partial charge in [0.25, 0.3) is 0 Å². The lowest BCUT2D eigenvalue weighted by Crippen LogP contribution is -2.22. The smallest absolute Gasteiger partial charge is 0.244 e. The van der Waals surface area contributed by atoms with Gasteiger partial charge in [0.2, 0.25) is 5.91 Å². The number of carbonyl (C=O) groups excluding carboxylic acids is 1. The van der Waals surface area contributed by atoms with Gasteiger partial charge >= 0.3 is 0 Å². The Kier molecular flexibility index (Phi) is 4.07. The lowest BCUT2D eigenvalue weighted by Gasteiger charge is -2.08. The van der Waals surface area contributed by atoms with Gasteiger partial charge in [-0.05, 0) is 26.0 Å². The molecule has 0 aliphatic carbocycles. The van der Waals surface area contributed by atoms with E-state index in [9.17, 15) is 4.79 Å². The van der Waals surface area contributed by atoms with Crippen LogP contribution in [0.4, 0.5) is 0 Å². The van der Waals surface area contributed by atoms with Crippen molar-refractivity contribution in [3.05, 3.63) is 54.0 Å². The highest BCUT2D eigenvalue weighted by Gasteiger charge is 2.06. The fraction of sp³-hybridized carbons (Fsp3) is 0.214. The molecule has 0 aliphatic heterocycles. The van der Waals surface area contributed by atoms with E-state index in [1.54, 1.807) is 23.2 Å². The average molecular weight is 256 g/mol. The van der Waals surface area contributed by atoms with Crippen LogP contribution in [0.3, 0.4) is 0 Å². The fourth-order valence-corrected chi connectivity index (χ4v) is 1.66. The molecule has 0 aliphatic rings. The second-order valence-corrected chi connectivity index (χ2v) is 4.38. The third-order valence-corrected chi connectivity index (χ3v) is 2.46. The van der Waals surface area contributed by atoms with E-state index in [-0.39, 0.29) is 5.91 Å². The third kappa shape index (κ3) is 3.51. The quantitative estimate of drug-likeness (QED) is 0.849. The molecule has 2 aromatic heterocycles. The van der Waals surface area contributed by atoms with Crippen molar-refractivity contribution in [3.63, 3.8) is 0 Å². The number of hydrogen-bond donors (Lipinski definition) is 1. The summed E-state index contributed by atoms with van der Waals surface area (Å²) in [4.78, 5) is 15.9. The van der Waals surface area contributed by atoms with E-state index in [0.717, 1.165) is 17.0 Å². The van der Waals surface area contributed by atoms with Crippen LogP contribution in [0.1, 0.15) is 19.4 Å². The van der Waals surface area contributed by atoms with Crippen molar-refractivity contribution in [3.8, 4) is 5.82 Å². The van der Waals surface area contributed by atoms with Gasteiger partial charge in [-0.2, -0.15) is 5.10 Å². The van der Waals surface area contributed by atoms with Crippen molar-refractivity contribution in [2.75, 3.05) is 0 Å². The molecule has 0 unspecified atom stereocenters. The SMILES string of the molecule is CC(C)=CC(=O)NCc1cccnc1-n1cccn1. The Hall–Kier alpha value is -2.43. The minimum absolute atomic E-state index is 0.102. The first-order valence-electron chi connectivity index (χ1n) is 6.03. The van der Waals surface area contributed by atoms with Crippen LogP contribution in [0, 0.1) is 0 Å². The standard InChI is InChI=1S/C14H16N4O/c1-11(2)9-13(19)16-10-12-5-3-6-15-14(12)18-8-4-7-17-18/h3-9H,10H2,1-2H3,(H,16,19). The molecular formula is C14H16N4O. The predicted molar refractivity (Wildman–Crippen MR) is 72.6 cm³/mol. The summed E-state index contributed by atoms with van der Waals surface area (Å²) in [6, 6.07) is 5.60. The minimum Gasteiger partial charge on any atom is -0.348 e. The van der Waals surface area contributed by atoms with Crippen molar-refractivity contribution in [1.29, 1.82) is 0 Å². The van der Waals surface area contributed by atoms with Crippen LogP contribution in [0.15, 0.2) is 48.4 Å². The van der Waals surface area contributed by atoms with Crippen LogP contribution in [0.2, 0.25) is 0 Å². The molecule has 5 heteroatoms. The molecule has 2 aromatic rings. The molecule has 0 saturated heterocycles. The zero-order valence-corrected chi connectivity index (χ0v) is 11.0. The van der Waals surface area contributed by atoms with E-state index in [4.69, 9.17) is 0 Å². The molecule has 5 nitrogen and oxygen atoms in total. The Morgan fingerprint density at radius 1 is 1.37 bits per heavy atom. The van der Waals surface area contributed by atoms with E-state index in [1.165, 1.54) is 0 Å². The number of rotatable bonds is 4. The van der Waals surface area contributed by atoms with Gasteiger partial charge in [-0.15, -0.1) is 0 Å². The van der Waals surface area contributed by atoms with Crippen molar-refractivity contribution >= 4 is 5.91 Å². The van der Waals surface area contributed by atoms with Gasteiger partial charge in [0.05, 0.1) is 0 Å². The number of pyridine rings is 1. The molecule has 0 spiro atoms. The fourth-order valence-electron chi connectivity index (χ4n) is 1.66. The monoisotopic (exact) mass is 256 g/mol. The van der Waals surface area contributed by atoms with Crippen molar-refractivity contribution < 1.29 is 4.79 Å². The zero-order chi connectivity index (χ0) is 13.7. The molecule has 0 fully saturated rings. The van der Waals surface area contributed by atoms with E-state index in [1.807, 2.05) is 38.2 Å². The van der Waals surface area contributed by atoms with Gasteiger partial charge in [0, 0.05) is 36.8 Å². The maximum Gasteiger partial charge on any atom is 0.244 e. The van der Waals surface area contributed by atoms with Crippen molar-refractivity contribution in [1.82, 2.24) is 20.1 Å². The number of carbonyl (C=O) groups is 1. The normalized spacial score (nSPS) is 10.0. The molecule has 0 radical (unpaired) electrons. The second-order valence-electron chi connectivity index (χ2n) is 4.38. The van der Waals surface area contributed by atoms with Crippen LogP contribution < -0.4 is 5.32 Å². The summed E-state index contributed by atoms with van der Waals surface area (Å²) in [5, 5.41) is 6.99. The molecule has 0 atom stereocenters. The largest absolute Gasteiger partial charge is 0.348 e. The molecule has 0 bridgehead atoms. The molecule has 0 aromatic carbocycles. The number of hydrogen-bond acceptors (Lipinski definition) is 3. The van der Waals surface area contributed by atoms with Crippen LogP contribution in [0.5, 0.6) is 0 Å². The summed E-state index contributed by atoms with van der Waals surface area (Å²) >= 11 is 0. The first-order valence-corrected chi connectivity index (χ1v) is 6.03. The summed E-state index contributed by atoms with van der Waals surface area (Å²) in [6.07, 6.45) is 6.80. The minimum atomic E-state index is -0.102. The molecular weight excluding hydrogens is 240 g/mol. The van der Waals surface area contributed by atoms with Crippen LogP contribution in [0.25, 0.3) is 5.82 Å². The van der Waals surface area contributed by atoms with E-state index >= 15 is 0 Å². The Labute approximate surface area is 112 Å². The maximum absolute atomic E-state index is 11.6. The molecule has 2 rings (SSSR count). The number of allylic oxidation sites excluding steroid dienone is 1. The number of nitrogens with zero attached hydrogens (tertiary/aromatic N) is 3. The average Bonchev–Trinajstić information content (AvgIpc) is 2.89. The summed E-state index contributed by atoms with van der Waals surface area (Å²) < 4.78 is 1.68. The molecule has 2 heterocycles. The summed E-state index contributed by atoms with van der Waals surface area (Å²) in [7, 11) is 0. The van der Waals surface area contributed by atoms with E-state index in [2.05, 4.69) is 15.4 Å². The highest BCUT2D eigenvalue weighted by atomic mass is 16.1. The second kappa shape index (κ2) is 5.95. The highest BCUT2D eigenvalue weighted by Crippen LogP contribution is 2.09. The molecule has 98 valence electrons. The van der Waals surface area contributed by atoms with E-state index < -0.39 is 0 Å². The third-order valence-electron chi connectivity index (χ3n) is 2.46. The maximum atomic E-state index is 11.6. The van der Waals surface area contributed by atoms with Crippen molar-refractivity contribution in [2.45, 2.75) is 20.4 Å². The predicted octanol–water partition coefficient (Wildman–Crippen LogP) is 1.85. The zero-order valence-electron chi connectivity index (χ0n) is 11.0. The van der Waals surface area contributed by atoms with Crippen LogP contribution in [-0.2, 0) is 11.3 Å². The molecule has 1 amide bonds. The van der Waals surface area contributed by atoms with Crippen molar-refractivity contribution in [2.24, 2.45) is 0 Å². The number of aromatic nitrogens is 3. The Bertz CT molecular complexity index is 583. The topological polar surface area (TPSA) is 59.8 Å². The Morgan fingerprint density at radius 3 is 2.89 bits per heavy atom. The Morgan fingerprint density at radius 2 is 2.21 bits per heavy atom. The van der Waals surface area contributed by atoms with Gasteiger partial charge in [0.15, 0.2) is 5.82 Å². The number of nitrogens with one attached hydrogen (secondary N) is 1. The lowest BCUT2D eigenvalue weighted by molar-refractivity contribution is -0.116. The molecule has 0 saturated carbocycles. The number of amides is 1. The van der Waals surface area contributed by atoms with Crippen LogP contribution in [-0.4, -0.2) is 20.7 Å². The molecule has 19 heavy (non-hydrogen) atoms. The van der Waals surface area contributed by atoms with E-state index in [0.29, 0.717) is 6.54 Å². The van der Waals surface area contributed by atoms with Gasteiger partial charge in [0.1, 0.15) is 0 Å². The van der Waals surface area contributed by atoms with Gasteiger partial charge in [-0.3, -0.25) is 4.79 Å². The lowest BCUT2D eigenvalue weighted by atomic mass is 10.2. The highest BCUT2D eigenvalue weighted by molar-refractivity contribution is 5.88.